The fourth-order valence-corrected chi connectivity index (χ4v) is 3.69. The summed E-state index contributed by atoms with van der Waals surface area (Å²) >= 11 is 6.19. The number of hydrogen-bond acceptors (Lipinski definition) is 4. The lowest BCUT2D eigenvalue weighted by Gasteiger charge is -2.27. The van der Waals surface area contributed by atoms with Gasteiger partial charge < -0.3 is 14.7 Å². The van der Waals surface area contributed by atoms with E-state index in [0.717, 1.165) is 17.8 Å². The van der Waals surface area contributed by atoms with Gasteiger partial charge in [0.25, 0.3) is 5.91 Å². The van der Waals surface area contributed by atoms with Crippen LogP contribution in [-0.4, -0.2) is 51.0 Å². The van der Waals surface area contributed by atoms with E-state index in [-0.39, 0.29) is 12.5 Å². The molecule has 28 heavy (non-hydrogen) atoms. The second-order valence-electron chi connectivity index (χ2n) is 7.58. The smallest absolute Gasteiger partial charge is 0.257 e. The van der Waals surface area contributed by atoms with Crippen LogP contribution in [0.2, 0.25) is 5.02 Å². The molecule has 1 saturated heterocycles. The highest BCUT2D eigenvalue weighted by molar-refractivity contribution is 6.32. The molecule has 2 heterocycles. The Hall–Kier alpha value is -2.05. The molecular formula is C21H28ClN3O3. The summed E-state index contributed by atoms with van der Waals surface area (Å²) in [6.07, 6.45) is 3.56. The monoisotopic (exact) mass is 405 g/mol. The van der Waals surface area contributed by atoms with Gasteiger partial charge in [-0.05, 0) is 57.7 Å². The zero-order chi connectivity index (χ0) is 20.3. The summed E-state index contributed by atoms with van der Waals surface area (Å²) in [6, 6.07) is 5.58. The molecule has 1 amide bonds. The quantitative estimate of drug-likeness (QED) is 0.825. The maximum Gasteiger partial charge on any atom is 0.257 e. The van der Waals surface area contributed by atoms with Crippen molar-refractivity contribution in [2.75, 3.05) is 19.7 Å². The average molecular weight is 406 g/mol. The lowest BCUT2D eigenvalue weighted by Crippen LogP contribution is -2.38. The van der Waals surface area contributed by atoms with Crippen molar-refractivity contribution in [2.45, 2.75) is 52.2 Å². The van der Waals surface area contributed by atoms with Crippen LogP contribution in [0.5, 0.6) is 5.75 Å². The first kappa shape index (κ1) is 20.7. The lowest BCUT2D eigenvalue weighted by atomic mass is 9.96. The van der Waals surface area contributed by atoms with Crippen molar-refractivity contribution in [3.63, 3.8) is 0 Å². The van der Waals surface area contributed by atoms with Gasteiger partial charge in [-0.25, -0.2) is 0 Å². The summed E-state index contributed by atoms with van der Waals surface area (Å²) in [6.45, 7) is 7.80. The number of hydrogen-bond donors (Lipinski definition) is 1. The topological polar surface area (TPSA) is 67.6 Å². The van der Waals surface area contributed by atoms with Crippen LogP contribution in [0.25, 0.3) is 0 Å². The second-order valence-corrected chi connectivity index (χ2v) is 7.98. The van der Waals surface area contributed by atoms with Crippen LogP contribution in [0.15, 0.2) is 24.4 Å². The minimum atomic E-state index is -0.981. The van der Waals surface area contributed by atoms with Crippen molar-refractivity contribution in [3.8, 4) is 5.75 Å². The molecule has 1 aromatic heterocycles. The van der Waals surface area contributed by atoms with E-state index in [9.17, 15) is 9.90 Å². The maximum atomic E-state index is 12.9. The highest BCUT2D eigenvalue weighted by atomic mass is 35.5. The fourth-order valence-electron chi connectivity index (χ4n) is 3.52. The number of nitrogens with zero attached hydrogens (tertiary/aromatic N) is 3. The van der Waals surface area contributed by atoms with Gasteiger partial charge in [-0.3, -0.25) is 9.48 Å². The summed E-state index contributed by atoms with van der Waals surface area (Å²) in [4.78, 5) is 14.7. The molecule has 0 aliphatic carbocycles. The van der Waals surface area contributed by atoms with Gasteiger partial charge in [-0.1, -0.05) is 17.7 Å². The first-order valence-electron chi connectivity index (χ1n) is 9.76. The van der Waals surface area contributed by atoms with Gasteiger partial charge in [0.05, 0.1) is 16.3 Å². The van der Waals surface area contributed by atoms with Crippen molar-refractivity contribution in [3.05, 3.63) is 46.2 Å². The van der Waals surface area contributed by atoms with Gasteiger partial charge in [0, 0.05) is 25.8 Å². The standard InChI is InChI=1S/C21H28ClN3O3/c1-4-25-13-17(16(3)23-25)20(26)24-10-5-8-21(27,9-11-24)14-28-19-12-15(2)6-7-18(19)22/h6-7,12-13,27H,4-5,8-11,14H2,1-3H3. The molecule has 0 radical (unpaired) electrons. The Morgan fingerprint density at radius 2 is 2.11 bits per heavy atom. The molecule has 1 unspecified atom stereocenters. The van der Waals surface area contributed by atoms with Crippen LogP contribution in [0.4, 0.5) is 0 Å². The van der Waals surface area contributed by atoms with Crippen LogP contribution in [0, 0.1) is 13.8 Å². The van der Waals surface area contributed by atoms with E-state index in [0.29, 0.717) is 48.7 Å². The predicted octanol–water partition coefficient (Wildman–Crippen LogP) is 3.61. The number of aliphatic hydroxyl groups is 1. The summed E-state index contributed by atoms with van der Waals surface area (Å²) in [5.74, 6) is 0.555. The highest BCUT2D eigenvalue weighted by Gasteiger charge is 2.33. The molecule has 7 heteroatoms. The van der Waals surface area contributed by atoms with Gasteiger partial charge in [0.2, 0.25) is 0 Å². The first-order valence-corrected chi connectivity index (χ1v) is 10.1. The predicted molar refractivity (Wildman–Crippen MR) is 109 cm³/mol. The van der Waals surface area contributed by atoms with Gasteiger partial charge in [0.1, 0.15) is 18.0 Å². The molecule has 3 rings (SSSR count). The number of amides is 1. The third-order valence-corrected chi connectivity index (χ3v) is 5.60. The molecule has 0 bridgehead atoms. The number of halogens is 1. The number of benzene rings is 1. The molecule has 1 fully saturated rings. The lowest BCUT2D eigenvalue weighted by molar-refractivity contribution is -0.0163. The molecule has 0 spiro atoms. The van der Waals surface area contributed by atoms with Crippen molar-refractivity contribution in [2.24, 2.45) is 0 Å². The Labute approximate surface area is 171 Å². The van der Waals surface area contributed by atoms with Crippen molar-refractivity contribution >= 4 is 17.5 Å². The van der Waals surface area contributed by atoms with Gasteiger partial charge in [0.15, 0.2) is 0 Å². The molecule has 152 valence electrons. The molecule has 1 atom stereocenters. The maximum absolute atomic E-state index is 12.9. The second kappa shape index (κ2) is 8.53. The van der Waals surface area contributed by atoms with Crippen LogP contribution in [0.1, 0.15) is 47.8 Å². The Morgan fingerprint density at radius 3 is 2.82 bits per heavy atom. The van der Waals surface area contributed by atoms with Gasteiger partial charge in [-0.2, -0.15) is 5.10 Å². The van der Waals surface area contributed by atoms with E-state index in [2.05, 4.69) is 5.10 Å². The van der Waals surface area contributed by atoms with E-state index < -0.39 is 5.60 Å². The molecule has 1 N–H and O–H groups in total. The van der Waals surface area contributed by atoms with Gasteiger partial charge >= 0.3 is 0 Å². The molecule has 1 aromatic carbocycles. The molecule has 1 aliphatic rings. The minimum absolute atomic E-state index is 0.0240. The van der Waals surface area contributed by atoms with Crippen molar-refractivity contribution in [1.82, 2.24) is 14.7 Å². The van der Waals surface area contributed by atoms with Crippen LogP contribution >= 0.6 is 11.6 Å². The molecule has 6 nitrogen and oxygen atoms in total. The van der Waals surface area contributed by atoms with E-state index >= 15 is 0 Å². The third-order valence-electron chi connectivity index (χ3n) is 5.29. The van der Waals surface area contributed by atoms with Crippen molar-refractivity contribution in [1.29, 1.82) is 0 Å². The Kier molecular flexibility index (Phi) is 6.30. The summed E-state index contributed by atoms with van der Waals surface area (Å²) < 4.78 is 7.61. The molecule has 2 aromatic rings. The van der Waals surface area contributed by atoms with Crippen LogP contribution in [-0.2, 0) is 6.54 Å². The Balaban J connectivity index is 1.64. The number of aryl methyl sites for hydroxylation is 3. The largest absolute Gasteiger partial charge is 0.489 e. The summed E-state index contributed by atoms with van der Waals surface area (Å²) in [7, 11) is 0. The Bertz CT molecular complexity index is 851. The van der Waals surface area contributed by atoms with Gasteiger partial charge in [-0.15, -0.1) is 0 Å². The zero-order valence-electron chi connectivity index (χ0n) is 16.7. The van der Waals surface area contributed by atoms with Crippen molar-refractivity contribution < 1.29 is 14.6 Å². The third kappa shape index (κ3) is 4.67. The minimum Gasteiger partial charge on any atom is -0.489 e. The zero-order valence-corrected chi connectivity index (χ0v) is 17.5. The van der Waals surface area contributed by atoms with E-state index in [1.54, 1.807) is 16.9 Å². The Morgan fingerprint density at radius 1 is 1.32 bits per heavy atom. The fraction of sp³-hybridized carbons (Fsp3) is 0.524. The normalized spacial score (nSPS) is 20.1. The number of likely N-dealkylation sites (tertiary alicyclic amines) is 1. The highest BCUT2D eigenvalue weighted by Crippen LogP contribution is 2.29. The molecular weight excluding hydrogens is 378 g/mol. The first-order chi connectivity index (χ1) is 13.3. The van der Waals surface area contributed by atoms with Crippen LogP contribution in [0.3, 0.4) is 0 Å². The SMILES string of the molecule is CCn1cc(C(=O)N2CCCC(O)(COc3cc(C)ccc3Cl)CC2)c(C)n1. The number of aromatic nitrogens is 2. The van der Waals surface area contributed by atoms with E-state index in [1.807, 2.05) is 37.8 Å². The van der Waals surface area contributed by atoms with E-state index in [1.165, 1.54) is 0 Å². The number of carbonyl (C=O) groups is 1. The van der Waals surface area contributed by atoms with E-state index in [4.69, 9.17) is 16.3 Å². The number of rotatable bonds is 5. The molecule has 1 aliphatic heterocycles. The number of carbonyl (C=O) groups excluding carboxylic acids is 1. The number of ether oxygens (including phenoxy) is 1. The molecule has 0 saturated carbocycles. The van der Waals surface area contributed by atoms with Crippen LogP contribution < -0.4 is 4.74 Å². The summed E-state index contributed by atoms with van der Waals surface area (Å²) in [5, 5.41) is 15.9. The summed E-state index contributed by atoms with van der Waals surface area (Å²) in [5.41, 5.74) is 1.44. The average Bonchev–Trinajstić information content (AvgIpc) is 2.94.